The lowest BCUT2D eigenvalue weighted by Gasteiger charge is -2.04. The lowest BCUT2D eigenvalue weighted by atomic mass is 10.1. The van der Waals surface area contributed by atoms with Crippen molar-refractivity contribution in [3.63, 3.8) is 0 Å². The third-order valence-electron chi connectivity index (χ3n) is 3.75. The Balaban J connectivity index is 1.52. The fourth-order valence-corrected chi connectivity index (χ4v) is 3.49. The number of carbonyl (C=O) groups excluding carboxylic acids is 1. The van der Waals surface area contributed by atoms with Crippen LogP contribution in [0.4, 0.5) is 0 Å². The molecular weight excluding hydrogens is 304 g/mol. The van der Waals surface area contributed by atoms with Gasteiger partial charge in [-0.3, -0.25) is 4.79 Å². The molecule has 4 aromatic rings. The molecule has 0 aliphatic carbocycles. The Morgan fingerprint density at radius 2 is 1.74 bits per heavy atom. The summed E-state index contributed by atoms with van der Waals surface area (Å²) in [7, 11) is 0. The summed E-state index contributed by atoms with van der Waals surface area (Å²) in [6.07, 6.45) is 0. The predicted octanol–water partition coefficient (Wildman–Crippen LogP) is 4.38. The maximum absolute atomic E-state index is 12.3. The molecule has 0 saturated heterocycles. The Morgan fingerprint density at radius 3 is 2.61 bits per heavy atom. The van der Waals surface area contributed by atoms with Crippen molar-refractivity contribution in [1.29, 1.82) is 0 Å². The zero-order valence-corrected chi connectivity index (χ0v) is 13.1. The molecule has 3 nitrogen and oxygen atoms in total. The molecule has 1 aromatic heterocycles. The molecule has 1 N–H and O–H groups in total. The Bertz CT molecular complexity index is 973. The van der Waals surface area contributed by atoms with Gasteiger partial charge in [0.25, 0.3) is 5.91 Å². The topological polar surface area (TPSA) is 42.0 Å². The highest BCUT2D eigenvalue weighted by molar-refractivity contribution is 7.18. The largest absolute Gasteiger partial charge is 0.346 e. The average molecular weight is 318 g/mol. The maximum Gasteiger partial charge on any atom is 0.251 e. The third kappa shape index (κ3) is 2.81. The van der Waals surface area contributed by atoms with Crippen LogP contribution >= 0.6 is 11.3 Å². The van der Waals surface area contributed by atoms with Crippen LogP contribution < -0.4 is 5.32 Å². The Hall–Kier alpha value is -2.72. The average Bonchev–Trinajstić information content (AvgIpc) is 3.02. The smallest absolute Gasteiger partial charge is 0.251 e. The van der Waals surface area contributed by atoms with Crippen LogP contribution in [0, 0.1) is 0 Å². The summed E-state index contributed by atoms with van der Waals surface area (Å²) in [5.41, 5.74) is 1.65. The van der Waals surface area contributed by atoms with E-state index in [0.29, 0.717) is 12.1 Å². The van der Waals surface area contributed by atoms with Crippen molar-refractivity contribution in [3.05, 3.63) is 77.3 Å². The molecule has 112 valence electrons. The number of fused-ring (bicyclic) bond motifs is 2. The highest BCUT2D eigenvalue weighted by atomic mass is 32.1. The number of amides is 1. The first-order valence-electron chi connectivity index (χ1n) is 7.41. The van der Waals surface area contributed by atoms with Crippen molar-refractivity contribution in [2.75, 3.05) is 0 Å². The molecule has 0 spiro atoms. The first-order chi connectivity index (χ1) is 11.3. The quantitative estimate of drug-likeness (QED) is 0.609. The molecule has 1 amide bonds. The lowest BCUT2D eigenvalue weighted by molar-refractivity contribution is 0.0951. The van der Waals surface area contributed by atoms with Crippen molar-refractivity contribution in [2.45, 2.75) is 6.54 Å². The Kier molecular flexibility index (Phi) is 3.52. The lowest BCUT2D eigenvalue weighted by Crippen LogP contribution is -2.22. The first-order valence-corrected chi connectivity index (χ1v) is 8.23. The third-order valence-corrected chi connectivity index (χ3v) is 4.79. The molecule has 0 fully saturated rings. The summed E-state index contributed by atoms with van der Waals surface area (Å²) < 4.78 is 1.14. The summed E-state index contributed by atoms with van der Waals surface area (Å²) in [5, 5.41) is 6.07. The molecule has 0 aliphatic rings. The van der Waals surface area contributed by atoms with Gasteiger partial charge in [-0.2, -0.15) is 0 Å². The number of hydrogen-bond acceptors (Lipinski definition) is 3. The number of nitrogens with one attached hydrogen (secondary N) is 1. The molecular formula is C19H14N2OS. The molecule has 0 radical (unpaired) electrons. The number of aromatic nitrogens is 1. The van der Waals surface area contributed by atoms with E-state index in [1.165, 1.54) is 0 Å². The van der Waals surface area contributed by atoms with Gasteiger partial charge in [-0.25, -0.2) is 4.98 Å². The standard InChI is InChI=1S/C19H14N2OS/c22-19(15-10-9-13-5-1-2-6-14(13)11-15)20-12-18-21-16-7-3-4-8-17(16)23-18/h1-11H,12H2,(H,20,22). The molecule has 0 aliphatic heterocycles. The van der Waals surface area contributed by atoms with E-state index < -0.39 is 0 Å². The molecule has 23 heavy (non-hydrogen) atoms. The van der Waals surface area contributed by atoms with Crippen molar-refractivity contribution in [2.24, 2.45) is 0 Å². The van der Waals surface area contributed by atoms with Crippen molar-refractivity contribution < 1.29 is 4.79 Å². The number of carbonyl (C=O) groups is 1. The van der Waals surface area contributed by atoms with Gasteiger partial charge in [0.15, 0.2) is 0 Å². The molecule has 0 unspecified atom stereocenters. The van der Waals surface area contributed by atoms with Gasteiger partial charge in [0.2, 0.25) is 0 Å². The minimum atomic E-state index is -0.0741. The molecule has 3 aromatic carbocycles. The van der Waals surface area contributed by atoms with E-state index in [2.05, 4.69) is 10.3 Å². The van der Waals surface area contributed by atoms with E-state index in [1.807, 2.05) is 66.7 Å². The Morgan fingerprint density at radius 1 is 0.957 bits per heavy atom. The van der Waals surface area contributed by atoms with Gasteiger partial charge >= 0.3 is 0 Å². The van der Waals surface area contributed by atoms with E-state index in [9.17, 15) is 4.79 Å². The SMILES string of the molecule is O=C(NCc1nc2ccccc2s1)c1ccc2ccccc2c1. The van der Waals surface area contributed by atoms with E-state index in [1.54, 1.807) is 11.3 Å². The molecule has 0 atom stereocenters. The van der Waals surface area contributed by atoms with Crippen LogP contribution in [-0.4, -0.2) is 10.9 Å². The van der Waals surface area contributed by atoms with Crippen molar-refractivity contribution in [1.82, 2.24) is 10.3 Å². The zero-order chi connectivity index (χ0) is 15.6. The number of benzene rings is 3. The minimum Gasteiger partial charge on any atom is -0.346 e. The highest BCUT2D eigenvalue weighted by Crippen LogP contribution is 2.21. The highest BCUT2D eigenvalue weighted by Gasteiger charge is 2.08. The van der Waals surface area contributed by atoms with Crippen LogP contribution in [0.1, 0.15) is 15.4 Å². The summed E-state index contributed by atoms with van der Waals surface area (Å²) in [5.74, 6) is -0.0741. The maximum atomic E-state index is 12.3. The van der Waals surface area contributed by atoms with E-state index in [0.717, 1.165) is 26.0 Å². The molecule has 0 bridgehead atoms. The van der Waals surface area contributed by atoms with Crippen LogP contribution in [-0.2, 0) is 6.54 Å². The fraction of sp³-hybridized carbons (Fsp3) is 0.0526. The van der Waals surface area contributed by atoms with Crippen LogP contribution in [0.3, 0.4) is 0 Å². The van der Waals surface area contributed by atoms with E-state index in [-0.39, 0.29) is 5.91 Å². The molecule has 0 saturated carbocycles. The van der Waals surface area contributed by atoms with E-state index in [4.69, 9.17) is 0 Å². The van der Waals surface area contributed by atoms with Crippen LogP contribution in [0.5, 0.6) is 0 Å². The van der Waals surface area contributed by atoms with Crippen LogP contribution in [0.25, 0.3) is 21.0 Å². The van der Waals surface area contributed by atoms with E-state index >= 15 is 0 Å². The predicted molar refractivity (Wildman–Crippen MR) is 94.7 cm³/mol. The number of para-hydroxylation sites is 1. The molecule has 1 heterocycles. The summed E-state index contributed by atoms with van der Waals surface area (Å²) >= 11 is 1.61. The van der Waals surface area contributed by atoms with Gasteiger partial charge in [0.05, 0.1) is 16.8 Å². The van der Waals surface area contributed by atoms with Gasteiger partial charge in [-0.05, 0) is 35.0 Å². The normalized spacial score (nSPS) is 11.0. The second-order valence-corrected chi connectivity index (χ2v) is 6.44. The fourth-order valence-electron chi connectivity index (χ4n) is 2.58. The second kappa shape index (κ2) is 5.82. The first kappa shape index (κ1) is 13.9. The number of nitrogens with zero attached hydrogens (tertiary/aromatic N) is 1. The monoisotopic (exact) mass is 318 g/mol. The number of rotatable bonds is 3. The van der Waals surface area contributed by atoms with Gasteiger partial charge in [-0.1, -0.05) is 42.5 Å². The van der Waals surface area contributed by atoms with Crippen molar-refractivity contribution >= 4 is 38.2 Å². The van der Waals surface area contributed by atoms with Gasteiger partial charge in [-0.15, -0.1) is 11.3 Å². The number of thiazole rings is 1. The summed E-state index contributed by atoms with van der Waals surface area (Å²) in [4.78, 5) is 16.9. The van der Waals surface area contributed by atoms with Gasteiger partial charge in [0, 0.05) is 5.56 Å². The Labute approximate surface area is 137 Å². The minimum absolute atomic E-state index is 0.0741. The zero-order valence-electron chi connectivity index (χ0n) is 12.3. The number of hydrogen-bond donors (Lipinski definition) is 1. The van der Waals surface area contributed by atoms with Gasteiger partial charge in [0.1, 0.15) is 5.01 Å². The van der Waals surface area contributed by atoms with Crippen LogP contribution in [0.15, 0.2) is 66.7 Å². The summed E-state index contributed by atoms with van der Waals surface area (Å²) in [6, 6.07) is 21.8. The van der Waals surface area contributed by atoms with Gasteiger partial charge < -0.3 is 5.32 Å². The summed E-state index contributed by atoms with van der Waals surface area (Å²) in [6.45, 7) is 0.449. The second-order valence-electron chi connectivity index (χ2n) is 5.32. The van der Waals surface area contributed by atoms with Crippen LogP contribution in [0.2, 0.25) is 0 Å². The molecule has 4 rings (SSSR count). The molecule has 4 heteroatoms. The van der Waals surface area contributed by atoms with Crippen molar-refractivity contribution in [3.8, 4) is 0 Å².